The molecule has 0 radical (unpaired) electrons. The first-order chi connectivity index (χ1) is 11.1. The maximum atomic E-state index is 12.5. The van der Waals surface area contributed by atoms with Gasteiger partial charge in [0.2, 0.25) is 11.8 Å². The second kappa shape index (κ2) is 7.29. The van der Waals surface area contributed by atoms with Crippen molar-refractivity contribution >= 4 is 28.3 Å². The summed E-state index contributed by atoms with van der Waals surface area (Å²) in [7, 11) is 0. The molecule has 0 aliphatic carbocycles. The average molecular weight is 336 g/mol. The molecule has 6 nitrogen and oxygen atoms in total. The van der Waals surface area contributed by atoms with Gasteiger partial charge in [-0.05, 0) is 19.8 Å². The maximum absolute atomic E-state index is 12.5. The highest BCUT2D eigenvalue weighted by atomic mass is 32.1. The van der Waals surface area contributed by atoms with Crippen LogP contribution in [0, 0.1) is 6.92 Å². The van der Waals surface area contributed by atoms with Crippen molar-refractivity contribution in [2.24, 2.45) is 0 Å². The lowest BCUT2D eigenvalue weighted by atomic mass is 10.2. The molecule has 0 atom stereocenters. The van der Waals surface area contributed by atoms with Crippen LogP contribution in [0.4, 0.5) is 5.13 Å². The van der Waals surface area contributed by atoms with Gasteiger partial charge in [-0.3, -0.25) is 9.59 Å². The monoisotopic (exact) mass is 336 g/mol. The lowest BCUT2D eigenvalue weighted by Crippen LogP contribution is -2.51. The van der Waals surface area contributed by atoms with Crippen molar-refractivity contribution in [3.63, 3.8) is 0 Å². The Balaban J connectivity index is 1.50. The molecule has 2 amide bonds. The Morgan fingerprint density at radius 1 is 1.17 bits per heavy atom. The van der Waals surface area contributed by atoms with E-state index in [4.69, 9.17) is 0 Å². The molecule has 3 rings (SSSR count). The second-order valence-electron chi connectivity index (χ2n) is 6.27. The first-order valence-electron chi connectivity index (χ1n) is 8.36. The molecule has 126 valence electrons. The van der Waals surface area contributed by atoms with E-state index in [1.165, 1.54) is 0 Å². The van der Waals surface area contributed by atoms with Gasteiger partial charge < -0.3 is 14.7 Å². The number of anilines is 1. The zero-order valence-electron chi connectivity index (χ0n) is 13.7. The minimum Gasteiger partial charge on any atom is -0.345 e. The van der Waals surface area contributed by atoms with Gasteiger partial charge in [0.15, 0.2) is 5.13 Å². The van der Waals surface area contributed by atoms with E-state index in [0.29, 0.717) is 19.5 Å². The highest BCUT2D eigenvalue weighted by Gasteiger charge is 2.26. The van der Waals surface area contributed by atoms with E-state index in [1.54, 1.807) is 16.2 Å². The van der Waals surface area contributed by atoms with Gasteiger partial charge in [-0.2, -0.15) is 0 Å². The fraction of sp³-hybridized carbons (Fsp3) is 0.688. The van der Waals surface area contributed by atoms with Gasteiger partial charge >= 0.3 is 0 Å². The molecule has 1 aromatic heterocycles. The molecule has 7 heteroatoms. The summed E-state index contributed by atoms with van der Waals surface area (Å²) in [5.41, 5.74) is 1.04. The number of carbonyl (C=O) groups is 2. The molecule has 2 fully saturated rings. The average Bonchev–Trinajstić information content (AvgIpc) is 2.89. The molecule has 1 aromatic rings. The molecule has 0 spiro atoms. The number of amides is 2. The van der Waals surface area contributed by atoms with Gasteiger partial charge in [0.25, 0.3) is 0 Å². The van der Waals surface area contributed by atoms with Gasteiger partial charge in [-0.25, -0.2) is 4.98 Å². The molecular weight excluding hydrogens is 312 g/mol. The minimum absolute atomic E-state index is 0.0789. The van der Waals surface area contributed by atoms with Crippen LogP contribution in [0.15, 0.2) is 5.38 Å². The third-order valence-corrected chi connectivity index (χ3v) is 5.53. The number of nitrogens with zero attached hydrogens (tertiary/aromatic N) is 4. The van der Waals surface area contributed by atoms with Crippen molar-refractivity contribution in [3.8, 4) is 0 Å². The van der Waals surface area contributed by atoms with Crippen molar-refractivity contribution in [1.29, 1.82) is 0 Å². The number of hydrogen-bond acceptors (Lipinski definition) is 5. The summed E-state index contributed by atoms with van der Waals surface area (Å²) in [6, 6.07) is 0. The molecule has 2 aliphatic rings. The van der Waals surface area contributed by atoms with Gasteiger partial charge in [0.1, 0.15) is 0 Å². The molecule has 0 aromatic carbocycles. The Kier molecular flexibility index (Phi) is 5.15. The van der Waals surface area contributed by atoms with E-state index in [1.807, 2.05) is 11.8 Å². The predicted octanol–water partition coefficient (Wildman–Crippen LogP) is 1.50. The highest BCUT2D eigenvalue weighted by molar-refractivity contribution is 7.13. The zero-order valence-corrected chi connectivity index (χ0v) is 14.5. The molecule has 0 saturated carbocycles. The number of rotatable bonds is 3. The number of aromatic nitrogens is 1. The third kappa shape index (κ3) is 4.02. The van der Waals surface area contributed by atoms with E-state index < -0.39 is 0 Å². The predicted molar refractivity (Wildman–Crippen MR) is 90.7 cm³/mol. The van der Waals surface area contributed by atoms with Crippen LogP contribution >= 0.6 is 11.3 Å². The van der Waals surface area contributed by atoms with E-state index in [-0.39, 0.29) is 18.4 Å². The SMILES string of the molecule is Cc1csc(N2CCN(C(=O)CN3CCCCCC3=O)CC2)n1. The van der Waals surface area contributed by atoms with E-state index in [2.05, 4.69) is 15.3 Å². The van der Waals surface area contributed by atoms with Crippen LogP contribution in [-0.4, -0.2) is 65.9 Å². The summed E-state index contributed by atoms with van der Waals surface area (Å²) in [5.74, 6) is 0.211. The van der Waals surface area contributed by atoms with Gasteiger partial charge in [0.05, 0.1) is 12.2 Å². The largest absolute Gasteiger partial charge is 0.345 e. The van der Waals surface area contributed by atoms with Crippen LogP contribution in [-0.2, 0) is 9.59 Å². The second-order valence-corrected chi connectivity index (χ2v) is 7.10. The van der Waals surface area contributed by atoms with Crippen molar-refractivity contribution < 1.29 is 9.59 Å². The lowest BCUT2D eigenvalue weighted by molar-refractivity contribution is -0.140. The smallest absolute Gasteiger partial charge is 0.242 e. The van der Waals surface area contributed by atoms with Crippen LogP contribution in [0.1, 0.15) is 31.4 Å². The summed E-state index contributed by atoms with van der Waals surface area (Å²) in [6.45, 7) is 6.01. The zero-order chi connectivity index (χ0) is 16.2. The standard InChI is InChI=1S/C16H24N4O2S/c1-13-12-23-16(17-13)19-9-7-18(8-10-19)15(22)11-20-6-4-2-3-5-14(20)21/h12H,2-11H2,1H3. The molecule has 0 N–H and O–H groups in total. The molecular formula is C16H24N4O2S. The Morgan fingerprint density at radius 2 is 1.96 bits per heavy atom. The first kappa shape index (κ1) is 16.2. The van der Waals surface area contributed by atoms with Crippen LogP contribution in [0.5, 0.6) is 0 Å². The van der Waals surface area contributed by atoms with Gasteiger partial charge in [0, 0.05) is 44.5 Å². The molecule has 2 aliphatic heterocycles. The summed E-state index contributed by atoms with van der Waals surface area (Å²) in [5, 5.41) is 3.09. The van der Waals surface area contributed by atoms with Crippen molar-refractivity contribution in [2.45, 2.75) is 32.6 Å². The minimum atomic E-state index is 0.0789. The Labute approximate surface area is 141 Å². The Morgan fingerprint density at radius 3 is 2.65 bits per heavy atom. The number of carbonyl (C=O) groups excluding carboxylic acids is 2. The van der Waals surface area contributed by atoms with Crippen LogP contribution in [0.2, 0.25) is 0 Å². The fourth-order valence-corrected chi connectivity index (χ4v) is 3.96. The molecule has 0 unspecified atom stereocenters. The first-order valence-corrected chi connectivity index (χ1v) is 9.24. The van der Waals surface area contributed by atoms with E-state index in [0.717, 1.165) is 49.7 Å². The number of hydrogen-bond donors (Lipinski definition) is 0. The van der Waals surface area contributed by atoms with E-state index >= 15 is 0 Å². The number of likely N-dealkylation sites (tertiary alicyclic amines) is 1. The number of aryl methyl sites for hydroxylation is 1. The normalized spacial score (nSPS) is 19.9. The molecule has 3 heterocycles. The van der Waals surface area contributed by atoms with Gasteiger partial charge in [-0.1, -0.05) is 6.42 Å². The maximum Gasteiger partial charge on any atom is 0.242 e. The molecule has 0 bridgehead atoms. The Bertz CT molecular complexity index is 566. The van der Waals surface area contributed by atoms with Crippen LogP contribution in [0.25, 0.3) is 0 Å². The molecule has 2 saturated heterocycles. The summed E-state index contributed by atoms with van der Waals surface area (Å²) < 4.78 is 0. The molecule has 23 heavy (non-hydrogen) atoms. The topological polar surface area (TPSA) is 56.8 Å². The quantitative estimate of drug-likeness (QED) is 0.839. The number of piperazine rings is 1. The van der Waals surface area contributed by atoms with Crippen molar-refractivity contribution in [3.05, 3.63) is 11.1 Å². The van der Waals surface area contributed by atoms with Crippen LogP contribution < -0.4 is 4.90 Å². The van der Waals surface area contributed by atoms with E-state index in [9.17, 15) is 9.59 Å². The van der Waals surface area contributed by atoms with Crippen molar-refractivity contribution in [2.75, 3.05) is 44.2 Å². The highest BCUT2D eigenvalue weighted by Crippen LogP contribution is 2.21. The Hall–Kier alpha value is -1.63. The lowest BCUT2D eigenvalue weighted by Gasteiger charge is -2.35. The van der Waals surface area contributed by atoms with Crippen molar-refractivity contribution in [1.82, 2.24) is 14.8 Å². The third-order valence-electron chi connectivity index (χ3n) is 4.51. The summed E-state index contributed by atoms with van der Waals surface area (Å²) in [4.78, 5) is 34.9. The summed E-state index contributed by atoms with van der Waals surface area (Å²) >= 11 is 1.66. The van der Waals surface area contributed by atoms with Crippen LogP contribution in [0.3, 0.4) is 0 Å². The summed E-state index contributed by atoms with van der Waals surface area (Å²) in [6.07, 6.45) is 3.64. The van der Waals surface area contributed by atoms with Gasteiger partial charge in [-0.15, -0.1) is 11.3 Å². The fourth-order valence-electron chi connectivity index (χ4n) is 3.10. The number of thiazole rings is 1.